The van der Waals surface area contributed by atoms with Gasteiger partial charge in [0.15, 0.2) is 0 Å². The second kappa shape index (κ2) is 10.7. The Morgan fingerprint density at radius 1 is 0.800 bits per heavy atom. The Labute approximate surface area is 123 Å². The van der Waals surface area contributed by atoms with Gasteiger partial charge in [-0.15, -0.1) is 0 Å². The molecule has 0 amide bonds. The average molecular weight is 286 g/mol. The molecule has 0 radical (unpaired) electrons. The molecule has 0 aliphatic rings. The number of carbonyl (C=O) groups is 2. The maximum absolute atomic E-state index is 11.3. The van der Waals surface area contributed by atoms with Crippen molar-refractivity contribution in [2.75, 3.05) is 13.2 Å². The van der Waals surface area contributed by atoms with Crippen molar-refractivity contribution in [3.05, 3.63) is 0 Å². The fourth-order valence-corrected chi connectivity index (χ4v) is 1.62. The van der Waals surface area contributed by atoms with Crippen LogP contribution >= 0.6 is 0 Å². The van der Waals surface area contributed by atoms with Crippen LogP contribution in [0.1, 0.15) is 72.6 Å². The average Bonchev–Trinajstić information content (AvgIpc) is 2.38. The Kier molecular flexibility index (Phi) is 10.1. The third-order valence-electron chi connectivity index (χ3n) is 2.78. The Balaban J connectivity index is 3.51. The first kappa shape index (κ1) is 18.9. The number of hydrogen-bond donors (Lipinski definition) is 0. The van der Waals surface area contributed by atoms with Crippen molar-refractivity contribution in [3.63, 3.8) is 0 Å². The van der Waals surface area contributed by atoms with E-state index in [1.54, 1.807) is 0 Å². The lowest BCUT2D eigenvalue weighted by molar-refractivity contribution is -0.169. The van der Waals surface area contributed by atoms with Gasteiger partial charge in [-0.3, -0.25) is 0 Å². The summed E-state index contributed by atoms with van der Waals surface area (Å²) in [4.78, 5) is 22.7. The van der Waals surface area contributed by atoms with Gasteiger partial charge in [-0.25, -0.2) is 9.59 Å². The summed E-state index contributed by atoms with van der Waals surface area (Å²) in [5.74, 6) is -1.76. The van der Waals surface area contributed by atoms with Crippen LogP contribution in [0.3, 0.4) is 0 Å². The standard InChI is InChI=1S/C16H30O4/c1-5-6-7-8-9-10-11-12-19-14(17)15(18)20-13-16(2,3)4/h5-13H2,1-4H3. The summed E-state index contributed by atoms with van der Waals surface area (Å²) in [5.41, 5.74) is -0.144. The van der Waals surface area contributed by atoms with Gasteiger partial charge in [-0.05, 0) is 11.8 Å². The van der Waals surface area contributed by atoms with E-state index >= 15 is 0 Å². The van der Waals surface area contributed by atoms with Crippen LogP contribution in [0.15, 0.2) is 0 Å². The van der Waals surface area contributed by atoms with Gasteiger partial charge >= 0.3 is 11.9 Å². The summed E-state index contributed by atoms with van der Waals surface area (Å²) in [6, 6.07) is 0. The van der Waals surface area contributed by atoms with Gasteiger partial charge in [0, 0.05) is 0 Å². The third kappa shape index (κ3) is 12.0. The Bertz CT molecular complexity index is 279. The first-order chi connectivity index (χ1) is 9.37. The SMILES string of the molecule is CCCCCCCCCOC(=O)C(=O)OCC(C)(C)C. The van der Waals surface area contributed by atoms with Crippen LogP contribution in [-0.4, -0.2) is 25.2 Å². The first-order valence-electron chi connectivity index (χ1n) is 7.70. The zero-order chi connectivity index (χ0) is 15.4. The van der Waals surface area contributed by atoms with Gasteiger partial charge in [0.05, 0.1) is 13.2 Å². The molecule has 0 N–H and O–H groups in total. The molecule has 4 nitrogen and oxygen atoms in total. The van der Waals surface area contributed by atoms with E-state index in [0.717, 1.165) is 19.3 Å². The maximum atomic E-state index is 11.3. The van der Waals surface area contributed by atoms with Gasteiger partial charge in [0.1, 0.15) is 0 Å². The van der Waals surface area contributed by atoms with E-state index in [4.69, 9.17) is 9.47 Å². The van der Waals surface area contributed by atoms with Crippen LogP contribution in [0.25, 0.3) is 0 Å². The third-order valence-corrected chi connectivity index (χ3v) is 2.78. The molecule has 0 bridgehead atoms. The van der Waals surface area contributed by atoms with Gasteiger partial charge in [0.25, 0.3) is 0 Å². The minimum Gasteiger partial charge on any atom is -0.457 e. The lowest BCUT2D eigenvalue weighted by Crippen LogP contribution is -2.25. The molecule has 0 aromatic heterocycles. The van der Waals surface area contributed by atoms with E-state index in [2.05, 4.69) is 6.92 Å². The summed E-state index contributed by atoms with van der Waals surface area (Å²) < 4.78 is 9.76. The second-order valence-electron chi connectivity index (χ2n) is 6.39. The lowest BCUT2D eigenvalue weighted by Gasteiger charge is -2.17. The van der Waals surface area contributed by atoms with E-state index in [1.807, 2.05) is 20.8 Å². The smallest absolute Gasteiger partial charge is 0.417 e. The van der Waals surface area contributed by atoms with Gasteiger partial charge < -0.3 is 9.47 Å². The van der Waals surface area contributed by atoms with Crippen molar-refractivity contribution in [3.8, 4) is 0 Å². The monoisotopic (exact) mass is 286 g/mol. The largest absolute Gasteiger partial charge is 0.457 e. The van der Waals surface area contributed by atoms with Crippen molar-refractivity contribution < 1.29 is 19.1 Å². The molecule has 0 heterocycles. The number of carbonyl (C=O) groups excluding carboxylic acids is 2. The molecule has 0 saturated carbocycles. The minimum atomic E-state index is -0.886. The highest BCUT2D eigenvalue weighted by Crippen LogP contribution is 2.13. The van der Waals surface area contributed by atoms with Crippen molar-refractivity contribution in [1.29, 1.82) is 0 Å². The quantitative estimate of drug-likeness (QED) is 0.367. The molecule has 0 aromatic rings. The Morgan fingerprint density at radius 2 is 1.30 bits per heavy atom. The van der Waals surface area contributed by atoms with E-state index in [1.165, 1.54) is 25.7 Å². The van der Waals surface area contributed by atoms with Crippen LogP contribution in [0.4, 0.5) is 0 Å². The number of rotatable bonds is 9. The van der Waals surface area contributed by atoms with E-state index in [0.29, 0.717) is 6.61 Å². The maximum Gasteiger partial charge on any atom is 0.417 e. The highest BCUT2D eigenvalue weighted by atomic mass is 16.6. The lowest BCUT2D eigenvalue weighted by atomic mass is 9.99. The second-order valence-corrected chi connectivity index (χ2v) is 6.39. The number of ether oxygens (including phenoxy) is 2. The van der Waals surface area contributed by atoms with Crippen LogP contribution in [0, 0.1) is 5.41 Å². The molecule has 0 fully saturated rings. The molecule has 0 spiro atoms. The molecule has 0 saturated heterocycles. The normalized spacial score (nSPS) is 11.2. The summed E-state index contributed by atoms with van der Waals surface area (Å²) >= 11 is 0. The number of esters is 2. The van der Waals surface area contributed by atoms with Gasteiger partial charge in [-0.2, -0.15) is 0 Å². The van der Waals surface area contributed by atoms with Crippen LogP contribution in [0.5, 0.6) is 0 Å². The molecular weight excluding hydrogens is 256 g/mol. The van der Waals surface area contributed by atoms with Crippen LogP contribution in [-0.2, 0) is 19.1 Å². The minimum absolute atomic E-state index is 0.144. The van der Waals surface area contributed by atoms with E-state index in [-0.39, 0.29) is 12.0 Å². The highest BCUT2D eigenvalue weighted by molar-refractivity contribution is 6.29. The molecular formula is C16H30O4. The molecule has 0 rings (SSSR count). The molecule has 0 aliphatic carbocycles. The summed E-state index contributed by atoms with van der Waals surface area (Å²) in [7, 11) is 0. The van der Waals surface area contributed by atoms with Crippen molar-refractivity contribution in [1.82, 2.24) is 0 Å². The fourth-order valence-electron chi connectivity index (χ4n) is 1.62. The molecule has 118 valence electrons. The number of hydrogen-bond acceptors (Lipinski definition) is 4. The van der Waals surface area contributed by atoms with Gasteiger partial charge in [-0.1, -0.05) is 66.2 Å². The zero-order valence-electron chi connectivity index (χ0n) is 13.5. The topological polar surface area (TPSA) is 52.6 Å². The summed E-state index contributed by atoms with van der Waals surface area (Å²) in [6.45, 7) is 8.52. The summed E-state index contributed by atoms with van der Waals surface area (Å²) in [6.07, 6.45) is 8.04. The Hall–Kier alpha value is -1.06. The van der Waals surface area contributed by atoms with Crippen LogP contribution < -0.4 is 0 Å². The van der Waals surface area contributed by atoms with Crippen molar-refractivity contribution in [2.45, 2.75) is 72.6 Å². The van der Waals surface area contributed by atoms with E-state index < -0.39 is 11.9 Å². The first-order valence-corrected chi connectivity index (χ1v) is 7.70. The molecule has 0 aromatic carbocycles. The molecule has 0 aliphatic heterocycles. The van der Waals surface area contributed by atoms with Crippen LogP contribution in [0.2, 0.25) is 0 Å². The summed E-state index contributed by atoms with van der Waals surface area (Å²) in [5, 5.41) is 0. The van der Waals surface area contributed by atoms with Crippen molar-refractivity contribution >= 4 is 11.9 Å². The fraction of sp³-hybridized carbons (Fsp3) is 0.875. The highest BCUT2D eigenvalue weighted by Gasteiger charge is 2.20. The molecule has 0 atom stereocenters. The Morgan fingerprint density at radius 3 is 1.85 bits per heavy atom. The molecule has 0 unspecified atom stereocenters. The van der Waals surface area contributed by atoms with Gasteiger partial charge in [0.2, 0.25) is 0 Å². The van der Waals surface area contributed by atoms with E-state index in [9.17, 15) is 9.59 Å². The molecule has 20 heavy (non-hydrogen) atoms. The molecule has 4 heteroatoms. The van der Waals surface area contributed by atoms with Crippen molar-refractivity contribution in [2.24, 2.45) is 5.41 Å². The zero-order valence-corrected chi connectivity index (χ0v) is 13.5. The predicted octanol–water partition coefficient (Wildman–Crippen LogP) is 3.87. The predicted molar refractivity (Wildman–Crippen MR) is 79.4 cm³/mol. The number of unbranched alkanes of at least 4 members (excludes halogenated alkanes) is 6.